The summed E-state index contributed by atoms with van der Waals surface area (Å²) in [7, 11) is 0. The number of para-hydroxylation sites is 2. The largest absolute Gasteiger partial charge is 0.444 e. The summed E-state index contributed by atoms with van der Waals surface area (Å²) >= 11 is 1.55. The second-order valence-electron chi connectivity index (χ2n) is 9.56. The molecule has 0 saturated carbocycles. The van der Waals surface area contributed by atoms with Gasteiger partial charge in [0.25, 0.3) is 0 Å². The zero-order valence-corrected chi connectivity index (χ0v) is 22.0. The molecule has 2 N–H and O–H groups in total. The van der Waals surface area contributed by atoms with Crippen molar-refractivity contribution < 1.29 is 9.53 Å². The summed E-state index contributed by atoms with van der Waals surface area (Å²) in [6, 6.07) is 11.8. The topological polar surface area (TPSA) is 96.0 Å². The molecule has 4 rings (SSSR count). The quantitative estimate of drug-likeness (QED) is 0.314. The number of hydrogen-bond donors (Lipinski definition) is 2. The van der Waals surface area contributed by atoms with Crippen LogP contribution >= 0.6 is 11.3 Å². The Hall–Kier alpha value is -3.72. The number of rotatable bonds is 9. The highest BCUT2D eigenvalue weighted by Gasteiger charge is 2.23. The third kappa shape index (κ3) is 6.69. The number of ether oxygens (including phenoxy) is 1. The molecule has 4 aromatic rings. The first-order chi connectivity index (χ1) is 17.2. The van der Waals surface area contributed by atoms with Crippen molar-refractivity contribution in [3.05, 3.63) is 82.3 Å². The Labute approximate surface area is 215 Å². The smallest absolute Gasteiger partial charge is 0.410 e. The number of carbonyl (C=O) groups excluding carboxylic acids is 1. The molecular weight excluding hydrogens is 472 g/mol. The van der Waals surface area contributed by atoms with Gasteiger partial charge in [-0.3, -0.25) is 4.98 Å². The van der Waals surface area contributed by atoms with Crippen LogP contribution in [0.4, 0.5) is 4.79 Å². The molecule has 0 aliphatic carbocycles. The standard InChI is InChI=1S/C27H32N6O2S/c1-18-20(9-8-13-28-18)15-29-19(2)23-17-36-25(32-23)12-14-33(26(34)35-27(3,4)5)16-24-30-21-10-6-7-11-22(21)31-24/h6-11,13,17,29H,2,12,14-16H2,1,3-5H3,(H,30,31). The molecule has 0 atom stereocenters. The van der Waals surface area contributed by atoms with Gasteiger partial charge in [-0.15, -0.1) is 11.3 Å². The molecule has 0 spiro atoms. The van der Waals surface area contributed by atoms with Gasteiger partial charge >= 0.3 is 6.09 Å². The van der Waals surface area contributed by atoms with E-state index in [2.05, 4.69) is 26.8 Å². The lowest BCUT2D eigenvalue weighted by molar-refractivity contribution is 0.0231. The molecule has 9 heteroatoms. The second kappa shape index (κ2) is 10.9. The second-order valence-corrected chi connectivity index (χ2v) is 10.5. The van der Waals surface area contributed by atoms with Crippen LogP contribution < -0.4 is 5.32 Å². The van der Waals surface area contributed by atoms with Crippen LogP contribution in [-0.4, -0.2) is 43.1 Å². The van der Waals surface area contributed by atoms with Gasteiger partial charge in [0.05, 0.1) is 34.0 Å². The highest BCUT2D eigenvalue weighted by Crippen LogP contribution is 2.19. The molecule has 1 aromatic carbocycles. The van der Waals surface area contributed by atoms with Crippen LogP contribution in [0.1, 0.15) is 48.6 Å². The van der Waals surface area contributed by atoms with Gasteiger partial charge in [0, 0.05) is 36.8 Å². The van der Waals surface area contributed by atoms with E-state index in [1.54, 1.807) is 22.4 Å². The molecule has 0 saturated heterocycles. The van der Waals surface area contributed by atoms with Crippen LogP contribution in [0.15, 0.2) is 54.6 Å². The first-order valence-corrected chi connectivity index (χ1v) is 12.8. The minimum atomic E-state index is -0.590. The summed E-state index contributed by atoms with van der Waals surface area (Å²) in [5, 5.41) is 6.24. The van der Waals surface area contributed by atoms with Crippen molar-refractivity contribution >= 4 is 34.2 Å². The number of nitrogens with zero attached hydrogens (tertiary/aromatic N) is 4. The number of thiazole rings is 1. The maximum atomic E-state index is 13.0. The lowest BCUT2D eigenvalue weighted by Crippen LogP contribution is -2.37. The number of pyridine rings is 1. The number of aromatic amines is 1. The third-order valence-corrected chi connectivity index (χ3v) is 6.40. The van der Waals surface area contributed by atoms with Crippen molar-refractivity contribution in [1.29, 1.82) is 0 Å². The molecule has 188 valence electrons. The summed E-state index contributed by atoms with van der Waals surface area (Å²) < 4.78 is 5.66. The predicted octanol–water partition coefficient (Wildman–Crippen LogP) is 5.46. The van der Waals surface area contributed by atoms with Crippen molar-refractivity contribution in [1.82, 2.24) is 30.2 Å². The molecule has 3 heterocycles. The number of nitrogens with one attached hydrogen (secondary N) is 2. The fraction of sp³-hybridized carbons (Fsp3) is 0.333. The summed E-state index contributed by atoms with van der Waals surface area (Å²) in [6.07, 6.45) is 2.01. The molecule has 0 aliphatic heterocycles. The summed E-state index contributed by atoms with van der Waals surface area (Å²) in [5.41, 5.74) is 4.89. The van der Waals surface area contributed by atoms with Crippen molar-refractivity contribution in [2.45, 2.75) is 52.8 Å². The number of carbonyl (C=O) groups is 1. The summed E-state index contributed by atoms with van der Waals surface area (Å²) in [6.45, 7) is 13.1. The zero-order valence-electron chi connectivity index (χ0n) is 21.2. The van der Waals surface area contributed by atoms with E-state index >= 15 is 0 Å². The molecule has 8 nitrogen and oxygen atoms in total. The van der Waals surface area contributed by atoms with E-state index in [1.807, 2.05) is 69.5 Å². The Kier molecular flexibility index (Phi) is 7.69. The molecule has 0 unspecified atom stereocenters. The minimum Gasteiger partial charge on any atom is -0.444 e. The molecule has 0 aliphatic rings. The van der Waals surface area contributed by atoms with Crippen LogP contribution in [-0.2, 0) is 24.2 Å². The van der Waals surface area contributed by atoms with E-state index in [9.17, 15) is 4.79 Å². The number of aromatic nitrogens is 4. The number of hydrogen-bond acceptors (Lipinski definition) is 7. The van der Waals surface area contributed by atoms with Crippen LogP contribution in [0, 0.1) is 6.92 Å². The van der Waals surface area contributed by atoms with Crippen molar-refractivity contribution in [3.8, 4) is 0 Å². The van der Waals surface area contributed by atoms with E-state index in [0.717, 1.165) is 38.7 Å². The first kappa shape index (κ1) is 25.4. The van der Waals surface area contributed by atoms with Gasteiger partial charge in [-0.1, -0.05) is 24.8 Å². The van der Waals surface area contributed by atoms with Gasteiger partial charge in [0.1, 0.15) is 11.4 Å². The first-order valence-electron chi connectivity index (χ1n) is 11.9. The molecule has 0 fully saturated rings. The average Bonchev–Trinajstić information content (AvgIpc) is 3.46. The fourth-order valence-corrected chi connectivity index (χ4v) is 4.42. The predicted molar refractivity (Wildman–Crippen MR) is 143 cm³/mol. The lowest BCUT2D eigenvalue weighted by Gasteiger charge is -2.26. The van der Waals surface area contributed by atoms with Gasteiger partial charge < -0.3 is 19.9 Å². The Morgan fingerprint density at radius 1 is 1.19 bits per heavy atom. The molecule has 1 amide bonds. The van der Waals surface area contributed by atoms with Crippen LogP contribution in [0.25, 0.3) is 16.7 Å². The highest BCUT2D eigenvalue weighted by atomic mass is 32.1. The number of H-pyrrole nitrogens is 1. The SMILES string of the molecule is C=C(NCc1cccnc1C)c1csc(CCN(Cc2nc3ccccc3[nH]2)C(=O)OC(C)(C)C)n1. The monoisotopic (exact) mass is 504 g/mol. The third-order valence-electron chi connectivity index (χ3n) is 5.50. The van der Waals surface area contributed by atoms with Crippen LogP contribution in [0.3, 0.4) is 0 Å². The van der Waals surface area contributed by atoms with Gasteiger partial charge in [-0.05, 0) is 51.5 Å². The average molecular weight is 505 g/mol. The Bertz CT molecular complexity index is 1320. The molecule has 3 aromatic heterocycles. The summed E-state index contributed by atoms with van der Waals surface area (Å²) in [5.74, 6) is 0.713. The van der Waals surface area contributed by atoms with Crippen molar-refractivity contribution in [2.75, 3.05) is 6.54 Å². The lowest BCUT2D eigenvalue weighted by atomic mass is 10.2. The van der Waals surface area contributed by atoms with Gasteiger partial charge in [0.2, 0.25) is 0 Å². The minimum absolute atomic E-state index is 0.320. The van der Waals surface area contributed by atoms with E-state index in [4.69, 9.17) is 9.72 Å². The van der Waals surface area contributed by atoms with E-state index < -0.39 is 5.60 Å². The molecule has 36 heavy (non-hydrogen) atoms. The highest BCUT2D eigenvalue weighted by molar-refractivity contribution is 7.09. The normalized spacial score (nSPS) is 11.4. The fourth-order valence-electron chi connectivity index (χ4n) is 3.61. The van der Waals surface area contributed by atoms with Gasteiger partial charge in [-0.2, -0.15) is 0 Å². The number of aryl methyl sites for hydroxylation is 1. The maximum Gasteiger partial charge on any atom is 0.410 e. The molecule has 0 bridgehead atoms. The van der Waals surface area contributed by atoms with E-state index in [-0.39, 0.29) is 6.09 Å². The van der Waals surface area contributed by atoms with E-state index in [1.165, 1.54) is 0 Å². The molecule has 0 radical (unpaired) electrons. The molecular formula is C27H32N6O2S. The Morgan fingerprint density at radius 2 is 2.00 bits per heavy atom. The van der Waals surface area contributed by atoms with Crippen molar-refractivity contribution in [2.24, 2.45) is 0 Å². The number of benzene rings is 1. The number of fused-ring (bicyclic) bond motifs is 1. The van der Waals surface area contributed by atoms with Crippen LogP contribution in [0.2, 0.25) is 0 Å². The zero-order chi connectivity index (χ0) is 25.7. The number of imidazole rings is 1. The Balaban J connectivity index is 1.40. The van der Waals surface area contributed by atoms with E-state index in [0.29, 0.717) is 31.9 Å². The maximum absolute atomic E-state index is 13.0. The van der Waals surface area contributed by atoms with Crippen LogP contribution in [0.5, 0.6) is 0 Å². The summed E-state index contributed by atoms with van der Waals surface area (Å²) in [4.78, 5) is 31.6. The number of amides is 1. The van der Waals surface area contributed by atoms with Gasteiger partial charge in [-0.25, -0.2) is 14.8 Å². The Morgan fingerprint density at radius 3 is 2.75 bits per heavy atom. The van der Waals surface area contributed by atoms with Gasteiger partial charge in [0.15, 0.2) is 0 Å². The van der Waals surface area contributed by atoms with Crippen molar-refractivity contribution in [3.63, 3.8) is 0 Å².